The van der Waals surface area contributed by atoms with Crippen molar-refractivity contribution in [1.29, 1.82) is 0 Å². The molecule has 1 aromatic carbocycles. The zero-order valence-corrected chi connectivity index (χ0v) is 21.3. The lowest BCUT2D eigenvalue weighted by Crippen LogP contribution is -2.58. The highest BCUT2D eigenvalue weighted by molar-refractivity contribution is 7.98. The molecule has 37 heavy (non-hydrogen) atoms. The Morgan fingerprint density at radius 3 is 1.95 bits per heavy atom. The van der Waals surface area contributed by atoms with E-state index in [0.29, 0.717) is 11.3 Å². The number of nitrogens with one attached hydrogen (secondary N) is 3. The fraction of sp³-hybridized carbons (Fsp3) is 0.478. The maximum Gasteiger partial charge on any atom is 0.326 e. The molecule has 0 saturated heterocycles. The summed E-state index contributed by atoms with van der Waals surface area (Å²) in [4.78, 5) is 72.3. The van der Waals surface area contributed by atoms with Gasteiger partial charge in [0.05, 0.1) is 12.5 Å². The Morgan fingerprint density at radius 2 is 1.41 bits per heavy atom. The summed E-state index contributed by atoms with van der Waals surface area (Å²) in [6.07, 6.45) is 1.27. The molecular formula is C23H34N6O7S. The molecule has 10 N–H and O–H groups in total. The number of nitrogens with two attached hydrogens (primary N) is 3. The quantitative estimate of drug-likeness (QED) is 0.116. The number of carbonyl (C=O) groups is 6. The monoisotopic (exact) mass is 538 g/mol. The molecule has 4 atom stereocenters. The van der Waals surface area contributed by atoms with E-state index in [0.717, 1.165) is 0 Å². The summed E-state index contributed by atoms with van der Waals surface area (Å²) in [6.45, 7) is 0. The molecule has 4 unspecified atom stereocenters. The van der Waals surface area contributed by atoms with E-state index in [1.165, 1.54) is 11.8 Å². The van der Waals surface area contributed by atoms with Crippen molar-refractivity contribution in [3.05, 3.63) is 35.9 Å². The normalized spacial score (nSPS) is 13.9. The number of carboxylic acids is 1. The minimum atomic E-state index is -1.59. The summed E-state index contributed by atoms with van der Waals surface area (Å²) >= 11 is 1.43. The van der Waals surface area contributed by atoms with E-state index in [2.05, 4.69) is 16.0 Å². The molecule has 1 aromatic rings. The SMILES string of the molecule is CSCCC(NC(=O)C(N)CCC(N)=O)C(=O)NC(Cc1ccccc1)C(=O)NC(CC(N)=O)C(=O)O. The second-order valence-corrected chi connectivity index (χ2v) is 9.26. The molecule has 0 spiro atoms. The predicted octanol–water partition coefficient (Wildman–Crippen LogP) is -2.01. The van der Waals surface area contributed by atoms with Crippen LogP contribution in [0.15, 0.2) is 30.3 Å². The molecule has 1 rings (SSSR count). The van der Waals surface area contributed by atoms with E-state index in [4.69, 9.17) is 17.2 Å². The van der Waals surface area contributed by atoms with Gasteiger partial charge in [-0.1, -0.05) is 30.3 Å². The van der Waals surface area contributed by atoms with Crippen LogP contribution in [0.5, 0.6) is 0 Å². The largest absolute Gasteiger partial charge is 0.480 e. The first kappa shape index (κ1) is 31.4. The average Bonchev–Trinajstić information content (AvgIpc) is 2.84. The Balaban J connectivity index is 3.08. The van der Waals surface area contributed by atoms with E-state index in [1.807, 2.05) is 6.26 Å². The summed E-state index contributed by atoms with van der Waals surface area (Å²) in [6, 6.07) is 3.70. The highest BCUT2D eigenvalue weighted by Crippen LogP contribution is 2.08. The van der Waals surface area contributed by atoms with Crippen LogP contribution < -0.4 is 33.2 Å². The van der Waals surface area contributed by atoms with Crippen molar-refractivity contribution in [3.8, 4) is 0 Å². The van der Waals surface area contributed by atoms with E-state index >= 15 is 0 Å². The highest BCUT2D eigenvalue weighted by Gasteiger charge is 2.31. The second-order valence-electron chi connectivity index (χ2n) is 8.27. The Hall–Kier alpha value is -3.65. The van der Waals surface area contributed by atoms with Gasteiger partial charge in [0.25, 0.3) is 0 Å². The van der Waals surface area contributed by atoms with Gasteiger partial charge in [0.15, 0.2) is 0 Å². The van der Waals surface area contributed by atoms with Crippen LogP contribution in [0.3, 0.4) is 0 Å². The van der Waals surface area contributed by atoms with Gasteiger partial charge in [0.2, 0.25) is 29.5 Å². The van der Waals surface area contributed by atoms with Crippen LogP contribution in [0.25, 0.3) is 0 Å². The molecule has 0 aliphatic rings. The molecule has 5 amide bonds. The first-order chi connectivity index (χ1) is 17.4. The van der Waals surface area contributed by atoms with Crippen molar-refractivity contribution in [2.45, 2.75) is 56.3 Å². The molecule has 0 aromatic heterocycles. The van der Waals surface area contributed by atoms with Crippen LogP contribution in [0.2, 0.25) is 0 Å². The Kier molecular flexibility index (Phi) is 13.7. The molecule has 0 bridgehead atoms. The molecule has 0 saturated carbocycles. The standard InChI is InChI=1S/C23H34N6O7S/c1-37-10-9-15(27-20(32)14(24)7-8-18(25)30)21(33)28-16(11-13-5-3-2-4-6-13)22(34)29-17(23(35)36)12-19(26)31/h2-6,14-17H,7-12,24H2,1H3,(H2,25,30)(H2,26,31)(H,27,32)(H,28,33)(H,29,34)(H,35,36). The summed E-state index contributed by atoms with van der Waals surface area (Å²) < 4.78 is 0. The van der Waals surface area contributed by atoms with Crippen molar-refractivity contribution in [1.82, 2.24) is 16.0 Å². The zero-order valence-electron chi connectivity index (χ0n) is 20.5. The number of carboxylic acid groups (broad SMARTS) is 1. The highest BCUT2D eigenvalue weighted by atomic mass is 32.2. The lowest BCUT2D eigenvalue weighted by Gasteiger charge is -2.25. The van der Waals surface area contributed by atoms with Crippen molar-refractivity contribution < 1.29 is 33.9 Å². The maximum atomic E-state index is 13.2. The van der Waals surface area contributed by atoms with Crippen LogP contribution in [0, 0.1) is 0 Å². The number of carbonyl (C=O) groups excluding carboxylic acids is 5. The fourth-order valence-corrected chi connectivity index (χ4v) is 3.69. The Bertz CT molecular complexity index is 962. The minimum Gasteiger partial charge on any atom is -0.480 e. The second kappa shape index (κ2) is 16.2. The molecule has 13 nitrogen and oxygen atoms in total. The molecule has 204 valence electrons. The summed E-state index contributed by atoms with van der Waals surface area (Å²) in [7, 11) is 0. The third-order valence-corrected chi connectivity index (χ3v) is 5.86. The third-order valence-electron chi connectivity index (χ3n) is 5.22. The number of hydrogen-bond donors (Lipinski definition) is 7. The van der Waals surface area contributed by atoms with Gasteiger partial charge in [0, 0.05) is 12.8 Å². The van der Waals surface area contributed by atoms with E-state index < -0.39 is 66.1 Å². The van der Waals surface area contributed by atoms with E-state index in [1.54, 1.807) is 30.3 Å². The summed E-state index contributed by atoms with van der Waals surface area (Å²) in [5.41, 5.74) is 16.6. The number of amides is 5. The summed E-state index contributed by atoms with van der Waals surface area (Å²) in [5.74, 6) is -4.73. The van der Waals surface area contributed by atoms with Gasteiger partial charge in [-0.15, -0.1) is 0 Å². The number of benzene rings is 1. The topological polar surface area (TPSA) is 237 Å². The van der Waals surface area contributed by atoms with Crippen LogP contribution in [-0.4, -0.2) is 76.8 Å². The zero-order chi connectivity index (χ0) is 28.0. The van der Waals surface area contributed by atoms with Crippen molar-refractivity contribution in [2.75, 3.05) is 12.0 Å². The molecule has 0 aliphatic carbocycles. The molecule has 0 aliphatic heterocycles. The van der Waals surface area contributed by atoms with Crippen molar-refractivity contribution in [3.63, 3.8) is 0 Å². The van der Waals surface area contributed by atoms with Crippen molar-refractivity contribution >= 4 is 47.3 Å². The van der Waals surface area contributed by atoms with Crippen molar-refractivity contribution in [2.24, 2.45) is 17.2 Å². The van der Waals surface area contributed by atoms with Gasteiger partial charge < -0.3 is 38.3 Å². The van der Waals surface area contributed by atoms with Crippen LogP contribution in [-0.2, 0) is 35.2 Å². The van der Waals surface area contributed by atoms with Gasteiger partial charge in [-0.05, 0) is 30.4 Å². The van der Waals surface area contributed by atoms with Gasteiger partial charge in [-0.2, -0.15) is 11.8 Å². The average molecular weight is 539 g/mol. The maximum absolute atomic E-state index is 13.2. The number of rotatable bonds is 17. The van der Waals surface area contributed by atoms with Gasteiger partial charge in [-0.3, -0.25) is 24.0 Å². The first-order valence-corrected chi connectivity index (χ1v) is 12.8. The number of hydrogen-bond acceptors (Lipinski definition) is 8. The van der Waals surface area contributed by atoms with Gasteiger partial charge in [0.1, 0.15) is 18.1 Å². The van der Waals surface area contributed by atoms with Crippen LogP contribution in [0.1, 0.15) is 31.2 Å². The molecule has 0 fully saturated rings. The Morgan fingerprint density at radius 1 is 0.838 bits per heavy atom. The summed E-state index contributed by atoms with van der Waals surface area (Å²) in [5, 5.41) is 16.7. The molecule has 0 heterocycles. The van der Waals surface area contributed by atoms with E-state index in [-0.39, 0.29) is 25.7 Å². The lowest BCUT2D eigenvalue weighted by atomic mass is 10.0. The van der Waals surface area contributed by atoms with Gasteiger partial charge in [-0.25, -0.2) is 4.79 Å². The smallest absolute Gasteiger partial charge is 0.326 e. The molecule has 14 heteroatoms. The third kappa shape index (κ3) is 12.2. The first-order valence-electron chi connectivity index (χ1n) is 11.4. The number of primary amides is 2. The molecular weight excluding hydrogens is 504 g/mol. The lowest BCUT2D eigenvalue weighted by molar-refractivity contribution is -0.143. The fourth-order valence-electron chi connectivity index (χ4n) is 3.22. The van der Waals surface area contributed by atoms with Crippen LogP contribution in [0.4, 0.5) is 0 Å². The van der Waals surface area contributed by atoms with E-state index in [9.17, 15) is 33.9 Å². The molecule has 0 radical (unpaired) electrons. The minimum absolute atomic E-state index is 0.00262. The van der Waals surface area contributed by atoms with Crippen LogP contribution >= 0.6 is 11.8 Å². The Labute approximate surface area is 218 Å². The van der Waals surface area contributed by atoms with Gasteiger partial charge >= 0.3 is 5.97 Å². The number of thioether (sulfide) groups is 1. The number of aliphatic carboxylic acids is 1. The predicted molar refractivity (Wildman–Crippen MR) is 137 cm³/mol.